The average Bonchev–Trinajstić information content (AvgIpc) is 3.19. The monoisotopic (exact) mass is 452 g/mol. The summed E-state index contributed by atoms with van der Waals surface area (Å²) < 4.78 is 6.84. The fourth-order valence-electron chi connectivity index (χ4n) is 3.13. The molecule has 8 nitrogen and oxygen atoms in total. The molecule has 4 rings (SSSR count). The van der Waals surface area contributed by atoms with Crippen molar-refractivity contribution in [1.29, 1.82) is 0 Å². The van der Waals surface area contributed by atoms with E-state index in [0.29, 0.717) is 29.8 Å². The quantitative estimate of drug-likeness (QED) is 0.523. The number of ether oxygens (including phenoxy) is 1. The van der Waals surface area contributed by atoms with E-state index in [4.69, 9.17) is 21.3 Å². The molecule has 1 aliphatic heterocycles. The molecule has 5 N–H and O–H groups in total. The molecule has 33 heavy (non-hydrogen) atoms. The number of aliphatic hydroxyl groups is 1. The summed E-state index contributed by atoms with van der Waals surface area (Å²) in [6.07, 6.45) is 9.07. The molecule has 2 aromatic heterocycles. The van der Waals surface area contributed by atoms with E-state index in [1.807, 2.05) is 48.8 Å². The predicted octanol–water partition coefficient (Wildman–Crippen LogP) is 3.02. The van der Waals surface area contributed by atoms with Gasteiger partial charge in [-0.3, -0.25) is 14.6 Å². The Balaban J connectivity index is 0.000000290. The summed E-state index contributed by atoms with van der Waals surface area (Å²) in [5.74, 6) is -0.968. The number of hydrogen-bond acceptors (Lipinski definition) is 5. The Kier molecular flexibility index (Phi) is 10.3. The van der Waals surface area contributed by atoms with Crippen LogP contribution in [0.4, 0.5) is 0 Å². The number of carbonyl (C=O) groups is 2. The van der Waals surface area contributed by atoms with Crippen molar-refractivity contribution >= 4 is 22.8 Å². The van der Waals surface area contributed by atoms with Crippen LogP contribution < -0.4 is 11.5 Å². The van der Waals surface area contributed by atoms with Gasteiger partial charge in [-0.05, 0) is 56.5 Å². The van der Waals surface area contributed by atoms with Crippen molar-refractivity contribution in [3.63, 3.8) is 0 Å². The number of primary amides is 2. The molecular formula is C25H32N4O4. The second-order valence-electron chi connectivity index (χ2n) is 7.50. The average molecular weight is 453 g/mol. The summed E-state index contributed by atoms with van der Waals surface area (Å²) in [5.41, 5.74) is 13.9. The molecule has 3 heterocycles. The van der Waals surface area contributed by atoms with Crippen molar-refractivity contribution in [2.45, 2.75) is 39.3 Å². The zero-order chi connectivity index (χ0) is 24.2. The highest BCUT2D eigenvalue weighted by Crippen LogP contribution is 2.20. The third-order valence-electron chi connectivity index (χ3n) is 4.96. The molecule has 1 aromatic carbocycles. The first-order valence-electron chi connectivity index (χ1n) is 10.8. The number of pyridine rings is 1. The van der Waals surface area contributed by atoms with Crippen LogP contribution in [-0.2, 0) is 11.3 Å². The predicted molar refractivity (Wildman–Crippen MR) is 129 cm³/mol. The van der Waals surface area contributed by atoms with E-state index >= 15 is 0 Å². The van der Waals surface area contributed by atoms with Gasteiger partial charge in [0.25, 0.3) is 5.91 Å². The third-order valence-corrected chi connectivity index (χ3v) is 4.96. The van der Waals surface area contributed by atoms with Crippen molar-refractivity contribution in [2.75, 3.05) is 13.2 Å². The first kappa shape index (κ1) is 25.8. The lowest BCUT2D eigenvalue weighted by Gasteiger charge is -2.15. The van der Waals surface area contributed by atoms with Gasteiger partial charge in [-0.15, -0.1) is 0 Å². The standard InChI is InChI=1S/C16H14N4O2.C5H10O2.C4H8/c17-15(21)11-5-3-10(4-6-11)8-20-9-12(16(18)22)14-13(20)2-1-7-19-14;6-5-2-1-3-7-4-5;1-3-4-2/h1-7,9H,8H2,(H2,17,21)(H2,18,22);5-6H,1-4H2;3-4H,1-2H3/b;;4-3-. The molecule has 1 unspecified atom stereocenters. The van der Waals surface area contributed by atoms with E-state index in [2.05, 4.69) is 4.98 Å². The number of aliphatic hydroxyl groups excluding tert-OH is 1. The molecule has 1 atom stereocenters. The van der Waals surface area contributed by atoms with Gasteiger partial charge in [0.05, 0.1) is 23.8 Å². The molecule has 0 aliphatic carbocycles. The maximum Gasteiger partial charge on any atom is 0.252 e. The van der Waals surface area contributed by atoms with E-state index in [0.717, 1.165) is 30.5 Å². The smallest absolute Gasteiger partial charge is 0.252 e. The number of carbonyl (C=O) groups excluding carboxylic acids is 2. The zero-order valence-electron chi connectivity index (χ0n) is 19.1. The maximum atomic E-state index is 11.5. The first-order chi connectivity index (χ1) is 15.9. The number of nitrogens with zero attached hydrogens (tertiary/aromatic N) is 2. The molecule has 8 heteroatoms. The van der Waals surface area contributed by atoms with Gasteiger partial charge in [-0.2, -0.15) is 0 Å². The highest BCUT2D eigenvalue weighted by Gasteiger charge is 2.13. The highest BCUT2D eigenvalue weighted by molar-refractivity contribution is 6.04. The number of amides is 2. The second kappa shape index (κ2) is 13.1. The SMILES string of the molecule is C/C=C\C.NC(=O)c1ccc(Cn2cc(C(N)=O)c3ncccc32)cc1.OC1CCCOC1. The Bertz CT molecular complexity index is 1060. The van der Waals surface area contributed by atoms with Crippen LogP contribution in [-0.4, -0.2) is 45.8 Å². The molecule has 1 aliphatic rings. The molecule has 0 saturated carbocycles. The molecule has 0 bridgehead atoms. The molecule has 1 saturated heterocycles. The molecule has 1 fully saturated rings. The van der Waals surface area contributed by atoms with Gasteiger partial charge in [0.15, 0.2) is 0 Å². The van der Waals surface area contributed by atoms with Crippen molar-refractivity contribution < 1.29 is 19.4 Å². The summed E-state index contributed by atoms with van der Waals surface area (Å²) in [4.78, 5) is 26.8. The van der Waals surface area contributed by atoms with E-state index in [1.54, 1.807) is 30.6 Å². The topological polar surface area (TPSA) is 133 Å². The van der Waals surface area contributed by atoms with Gasteiger partial charge in [0.1, 0.15) is 5.52 Å². The molecule has 0 spiro atoms. The van der Waals surface area contributed by atoms with Crippen LogP contribution in [0.2, 0.25) is 0 Å². The third kappa shape index (κ3) is 7.85. The first-order valence-corrected chi connectivity index (χ1v) is 10.8. The fraction of sp³-hybridized carbons (Fsp3) is 0.320. The van der Waals surface area contributed by atoms with Gasteiger partial charge in [-0.25, -0.2) is 0 Å². The van der Waals surface area contributed by atoms with Crippen LogP contribution >= 0.6 is 0 Å². The van der Waals surface area contributed by atoms with Crippen molar-refractivity contribution in [3.05, 3.63) is 77.6 Å². The minimum absolute atomic E-state index is 0.186. The lowest BCUT2D eigenvalue weighted by atomic mass is 10.1. The second-order valence-corrected chi connectivity index (χ2v) is 7.50. The summed E-state index contributed by atoms with van der Waals surface area (Å²) in [6, 6.07) is 10.7. The Labute approximate surface area is 193 Å². The van der Waals surface area contributed by atoms with Crippen LogP contribution in [0.1, 0.15) is 53.0 Å². The van der Waals surface area contributed by atoms with Gasteiger partial charge >= 0.3 is 0 Å². The molecule has 2 amide bonds. The van der Waals surface area contributed by atoms with Crippen LogP contribution in [0.5, 0.6) is 0 Å². The van der Waals surface area contributed by atoms with E-state index < -0.39 is 11.8 Å². The number of nitrogens with two attached hydrogens (primary N) is 2. The molecule has 0 radical (unpaired) electrons. The molecular weight excluding hydrogens is 420 g/mol. The summed E-state index contributed by atoms with van der Waals surface area (Å²) >= 11 is 0. The number of hydrogen-bond donors (Lipinski definition) is 3. The van der Waals surface area contributed by atoms with Crippen molar-refractivity contribution in [1.82, 2.24) is 9.55 Å². The van der Waals surface area contributed by atoms with Gasteiger partial charge in [0.2, 0.25) is 5.91 Å². The minimum Gasteiger partial charge on any atom is -0.391 e. The summed E-state index contributed by atoms with van der Waals surface area (Å²) in [5, 5.41) is 8.78. The van der Waals surface area contributed by atoms with Gasteiger partial charge in [-0.1, -0.05) is 24.3 Å². The van der Waals surface area contributed by atoms with E-state index in [-0.39, 0.29) is 6.10 Å². The molecule has 176 valence electrons. The Morgan fingerprint density at radius 1 is 1.15 bits per heavy atom. The Morgan fingerprint density at radius 2 is 1.85 bits per heavy atom. The van der Waals surface area contributed by atoms with Crippen LogP contribution in [0.15, 0.2) is 60.9 Å². The van der Waals surface area contributed by atoms with E-state index in [1.165, 1.54) is 0 Å². The Morgan fingerprint density at radius 3 is 2.33 bits per heavy atom. The lowest BCUT2D eigenvalue weighted by molar-refractivity contribution is -0.00535. The summed E-state index contributed by atoms with van der Waals surface area (Å²) in [6.45, 7) is 5.91. The maximum absolute atomic E-state index is 11.5. The van der Waals surface area contributed by atoms with Crippen molar-refractivity contribution in [3.8, 4) is 0 Å². The number of fused-ring (bicyclic) bond motifs is 1. The highest BCUT2D eigenvalue weighted by atomic mass is 16.5. The summed E-state index contributed by atoms with van der Waals surface area (Å²) in [7, 11) is 0. The van der Waals surface area contributed by atoms with Crippen LogP contribution in [0.3, 0.4) is 0 Å². The van der Waals surface area contributed by atoms with Crippen LogP contribution in [0.25, 0.3) is 11.0 Å². The number of rotatable bonds is 4. The zero-order valence-corrected chi connectivity index (χ0v) is 19.1. The fourth-order valence-corrected chi connectivity index (χ4v) is 3.13. The molecule has 3 aromatic rings. The number of allylic oxidation sites excluding steroid dienone is 2. The minimum atomic E-state index is -0.508. The van der Waals surface area contributed by atoms with Gasteiger partial charge in [0, 0.05) is 31.1 Å². The van der Waals surface area contributed by atoms with Crippen molar-refractivity contribution in [2.24, 2.45) is 11.5 Å². The largest absolute Gasteiger partial charge is 0.391 e. The number of aromatic nitrogens is 2. The Hall–Kier alpha value is -3.49. The lowest BCUT2D eigenvalue weighted by Crippen LogP contribution is -2.21. The normalized spacial score (nSPS) is 15.3. The number of benzene rings is 1. The van der Waals surface area contributed by atoms with E-state index in [9.17, 15) is 9.59 Å². The van der Waals surface area contributed by atoms with Crippen LogP contribution in [0, 0.1) is 0 Å². The van der Waals surface area contributed by atoms with Gasteiger partial charge < -0.3 is 25.9 Å².